The summed E-state index contributed by atoms with van der Waals surface area (Å²) in [7, 11) is 1.44. The number of rotatable bonds is 9. The Kier molecular flexibility index (Phi) is 7.54. The molecule has 0 aliphatic carbocycles. The van der Waals surface area contributed by atoms with Gasteiger partial charge >= 0.3 is 0 Å². The highest BCUT2D eigenvalue weighted by Gasteiger charge is 2.46. The zero-order valence-corrected chi connectivity index (χ0v) is 21.3. The van der Waals surface area contributed by atoms with Gasteiger partial charge in [0, 0.05) is 18.5 Å². The number of aliphatic hydroxyl groups excluding tert-OH is 1. The van der Waals surface area contributed by atoms with Crippen LogP contribution in [-0.2, 0) is 16.0 Å². The first-order valence-electron chi connectivity index (χ1n) is 12.5. The Labute approximate surface area is 211 Å². The molecule has 2 N–H and O–H groups in total. The number of ketones is 1. The van der Waals surface area contributed by atoms with Crippen molar-refractivity contribution >= 4 is 17.4 Å². The molecule has 2 aromatic carbocycles. The van der Waals surface area contributed by atoms with Crippen LogP contribution in [0.25, 0.3) is 5.76 Å². The molecule has 0 bridgehead atoms. The Balaban J connectivity index is 1.77. The Morgan fingerprint density at radius 3 is 2.61 bits per heavy atom. The number of hydrogen-bond acceptors (Lipinski definition) is 7. The monoisotopic (exact) mass is 494 g/mol. The summed E-state index contributed by atoms with van der Waals surface area (Å²) in [6.07, 6.45) is 1.42. The molecule has 36 heavy (non-hydrogen) atoms. The van der Waals surface area contributed by atoms with Gasteiger partial charge in [0.2, 0.25) is 0 Å². The molecule has 2 aromatic rings. The van der Waals surface area contributed by atoms with Crippen molar-refractivity contribution in [1.82, 2.24) is 9.80 Å². The van der Waals surface area contributed by atoms with E-state index in [0.29, 0.717) is 30.5 Å². The predicted octanol–water partition coefficient (Wildman–Crippen LogP) is 3.88. The van der Waals surface area contributed by atoms with E-state index in [4.69, 9.17) is 9.47 Å². The lowest BCUT2D eigenvalue weighted by atomic mass is 9.94. The molecular weight excluding hydrogens is 460 g/mol. The molecule has 2 heterocycles. The zero-order valence-electron chi connectivity index (χ0n) is 21.3. The number of phenols is 1. The van der Waals surface area contributed by atoms with Gasteiger partial charge in [-0.3, -0.25) is 9.59 Å². The third-order valence-corrected chi connectivity index (χ3v) is 7.00. The van der Waals surface area contributed by atoms with Gasteiger partial charge < -0.3 is 29.5 Å². The van der Waals surface area contributed by atoms with Gasteiger partial charge in [-0.25, -0.2) is 0 Å². The molecule has 1 saturated heterocycles. The van der Waals surface area contributed by atoms with Crippen molar-refractivity contribution in [2.75, 3.05) is 33.3 Å². The third-order valence-electron chi connectivity index (χ3n) is 7.00. The summed E-state index contributed by atoms with van der Waals surface area (Å²) >= 11 is 0. The lowest BCUT2D eigenvalue weighted by molar-refractivity contribution is -0.140. The Morgan fingerprint density at radius 1 is 1.17 bits per heavy atom. The largest absolute Gasteiger partial charge is 0.507 e. The van der Waals surface area contributed by atoms with Crippen LogP contribution in [-0.4, -0.2) is 71.1 Å². The molecule has 2 aliphatic heterocycles. The van der Waals surface area contributed by atoms with Crippen molar-refractivity contribution in [2.24, 2.45) is 0 Å². The van der Waals surface area contributed by atoms with E-state index >= 15 is 0 Å². The van der Waals surface area contributed by atoms with Crippen molar-refractivity contribution < 1.29 is 29.3 Å². The summed E-state index contributed by atoms with van der Waals surface area (Å²) in [6, 6.07) is 9.22. The molecule has 1 amide bonds. The maximum absolute atomic E-state index is 13.3. The number of aromatic hydroxyl groups is 1. The van der Waals surface area contributed by atoms with Gasteiger partial charge in [-0.2, -0.15) is 0 Å². The van der Waals surface area contributed by atoms with Crippen molar-refractivity contribution in [3.05, 3.63) is 58.7 Å². The highest BCUT2D eigenvalue weighted by molar-refractivity contribution is 6.46. The number of hydrogen-bond donors (Lipinski definition) is 2. The lowest BCUT2D eigenvalue weighted by Gasteiger charge is -2.27. The summed E-state index contributed by atoms with van der Waals surface area (Å²) in [5, 5.41) is 21.5. The van der Waals surface area contributed by atoms with E-state index in [0.717, 1.165) is 30.9 Å². The molecule has 8 nitrogen and oxygen atoms in total. The quantitative estimate of drug-likeness (QED) is 0.310. The average molecular weight is 495 g/mol. The molecule has 0 unspecified atom stereocenters. The minimum Gasteiger partial charge on any atom is -0.507 e. The number of fused-ring (bicyclic) bond motifs is 1. The summed E-state index contributed by atoms with van der Waals surface area (Å²) in [5.41, 5.74) is 2.01. The SMILES string of the molecule is CCN(CC)CCCN1C(=O)C(=O)C(=C(O)c2ccc3c(c2)C[C@H](C)O3)[C@@H]1c1ccc(O)c(OC)c1. The molecule has 1 fully saturated rings. The van der Waals surface area contributed by atoms with Gasteiger partial charge in [-0.1, -0.05) is 19.9 Å². The van der Waals surface area contributed by atoms with Gasteiger partial charge in [-0.05, 0) is 74.4 Å². The number of ether oxygens (including phenoxy) is 2. The van der Waals surface area contributed by atoms with Crippen LogP contribution in [0.3, 0.4) is 0 Å². The second-order valence-electron chi connectivity index (χ2n) is 9.26. The second-order valence-corrected chi connectivity index (χ2v) is 9.26. The average Bonchev–Trinajstić information content (AvgIpc) is 3.37. The van der Waals surface area contributed by atoms with E-state index in [1.165, 1.54) is 18.1 Å². The van der Waals surface area contributed by atoms with E-state index in [2.05, 4.69) is 18.7 Å². The number of methoxy groups -OCH3 is 1. The first-order valence-corrected chi connectivity index (χ1v) is 12.5. The Morgan fingerprint density at radius 2 is 1.92 bits per heavy atom. The van der Waals surface area contributed by atoms with E-state index in [1.807, 2.05) is 13.0 Å². The van der Waals surface area contributed by atoms with Gasteiger partial charge in [0.05, 0.1) is 18.7 Å². The fraction of sp³-hybridized carbons (Fsp3) is 0.429. The normalized spacial score (nSPS) is 20.6. The minimum atomic E-state index is -0.806. The fourth-order valence-corrected chi connectivity index (χ4v) is 5.05. The number of benzene rings is 2. The zero-order chi connectivity index (χ0) is 26.0. The Bertz CT molecular complexity index is 1190. The number of phenolic OH excluding ortho intramolecular Hbond substituents is 1. The van der Waals surface area contributed by atoms with Crippen LogP contribution in [0.1, 0.15) is 49.9 Å². The number of aliphatic hydroxyl groups is 1. The van der Waals surface area contributed by atoms with Gasteiger partial charge in [0.25, 0.3) is 11.7 Å². The Hall–Kier alpha value is -3.52. The van der Waals surface area contributed by atoms with E-state index < -0.39 is 17.7 Å². The lowest BCUT2D eigenvalue weighted by Crippen LogP contribution is -2.33. The molecule has 0 aromatic heterocycles. The molecule has 192 valence electrons. The van der Waals surface area contributed by atoms with Crippen LogP contribution >= 0.6 is 0 Å². The van der Waals surface area contributed by atoms with Crippen LogP contribution in [0.5, 0.6) is 17.2 Å². The molecular formula is C28H34N2O6. The van der Waals surface area contributed by atoms with Crippen molar-refractivity contribution in [2.45, 2.75) is 45.8 Å². The number of nitrogens with zero attached hydrogens (tertiary/aromatic N) is 2. The van der Waals surface area contributed by atoms with Crippen molar-refractivity contribution in [3.63, 3.8) is 0 Å². The summed E-state index contributed by atoms with van der Waals surface area (Å²) in [4.78, 5) is 30.3. The third kappa shape index (κ3) is 4.78. The van der Waals surface area contributed by atoms with Gasteiger partial charge in [0.15, 0.2) is 11.5 Å². The molecule has 0 saturated carbocycles. The number of likely N-dealkylation sites (tertiary alicyclic amines) is 1. The second kappa shape index (κ2) is 10.6. The number of carbonyl (C=O) groups excluding carboxylic acids is 2. The molecule has 0 spiro atoms. The maximum Gasteiger partial charge on any atom is 0.295 e. The van der Waals surface area contributed by atoms with Gasteiger partial charge in [-0.15, -0.1) is 0 Å². The van der Waals surface area contributed by atoms with Crippen LogP contribution < -0.4 is 9.47 Å². The fourth-order valence-electron chi connectivity index (χ4n) is 5.05. The molecule has 8 heteroatoms. The van der Waals surface area contributed by atoms with Crippen molar-refractivity contribution in [1.29, 1.82) is 0 Å². The highest BCUT2D eigenvalue weighted by Crippen LogP contribution is 2.42. The number of Topliss-reactive ketones (excluding diaryl/α,β-unsaturated/α-hetero) is 1. The number of carbonyl (C=O) groups is 2. The summed E-state index contributed by atoms with van der Waals surface area (Å²) < 4.78 is 11.0. The number of amides is 1. The first-order chi connectivity index (χ1) is 17.3. The topological polar surface area (TPSA) is 99.5 Å². The minimum absolute atomic E-state index is 0.0301. The summed E-state index contributed by atoms with van der Waals surface area (Å²) in [6.45, 7) is 9.07. The van der Waals surface area contributed by atoms with Gasteiger partial charge in [0.1, 0.15) is 17.6 Å². The van der Waals surface area contributed by atoms with Crippen LogP contribution in [0.2, 0.25) is 0 Å². The highest BCUT2D eigenvalue weighted by atomic mass is 16.5. The van der Waals surface area contributed by atoms with E-state index in [9.17, 15) is 19.8 Å². The predicted molar refractivity (Wildman–Crippen MR) is 136 cm³/mol. The van der Waals surface area contributed by atoms with E-state index in [1.54, 1.807) is 24.3 Å². The molecule has 2 aliphatic rings. The smallest absolute Gasteiger partial charge is 0.295 e. The van der Waals surface area contributed by atoms with Crippen LogP contribution in [0.4, 0.5) is 0 Å². The van der Waals surface area contributed by atoms with Crippen LogP contribution in [0.15, 0.2) is 42.0 Å². The molecule has 4 rings (SSSR count). The first kappa shape index (κ1) is 25.6. The summed E-state index contributed by atoms with van der Waals surface area (Å²) in [5.74, 6) is -0.657. The maximum atomic E-state index is 13.3. The van der Waals surface area contributed by atoms with E-state index in [-0.39, 0.29) is 28.9 Å². The van der Waals surface area contributed by atoms with Crippen LogP contribution in [0, 0.1) is 0 Å². The standard InChI is InChI=1S/C28H34N2O6/c1-5-29(6-2)12-7-13-30-25(18-8-10-21(31)23(16-18)35-4)24(27(33)28(30)34)26(32)19-9-11-22-20(15-19)14-17(3)36-22/h8-11,15-17,25,31-32H,5-7,12-14H2,1-4H3/t17-,25-/m0/s1. The molecule has 0 radical (unpaired) electrons. The van der Waals surface area contributed by atoms with Crippen molar-refractivity contribution in [3.8, 4) is 17.2 Å². The molecule has 2 atom stereocenters.